The number of rotatable bonds is 5. The van der Waals surface area contributed by atoms with E-state index in [4.69, 9.17) is 9.26 Å². The Kier molecular flexibility index (Phi) is 3.73. The van der Waals surface area contributed by atoms with Crippen LogP contribution >= 0.6 is 0 Å². The number of nitrogens with zero attached hydrogens (tertiary/aromatic N) is 2. The lowest BCUT2D eigenvalue weighted by molar-refractivity contribution is 0.285. The maximum absolute atomic E-state index is 5.57. The Labute approximate surface area is 117 Å². The highest BCUT2D eigenvalue weighted by atomic mass is 16.5. The van der Waals surface area contributed by atoms with Gasteiger partial charge in [0, 0.05) is 0 Å². The minimum absolute atomic E-state index is 0.308. The maximum Gasteiger partial charge on any atom is 0.231 e. The fourth-order valence-corrected chi connectivity index (χ4v) is 1.86. The summed E-state index contributed by atoms with van der Waals surface area (Å²) in [5.41, 5.74) is 1.15. The SMILES string of the molecule is c1ccc(Cc2nc(COc3ccccc3)no2)cc1. The van der Waals surface area contributed by atoms with Gasteiger partial charge in [0.25, 0.3) is 0 Å². The topological polar surface area (TPSA) is 48.2 Å². The van der Waals surface area contributed by atoms with Gasteiger partial charge in [0.1, 0.15) is 5.75 Å². The van der Waals surface area contributed by atoms with E-state index < -0.39 is 0 Å². The first-order chi connectivity index (χ1) is 9.90. The number of aromatic nitrogens is 2. The van der Waals surface area contributed by atoms with E-state index in [0.29, 0.717) is 24.7 Å². The summed E-state index contributed by atoms with van der Waals surface area (Å²) < 4.78 is 10.8. The summed E-state index contributed by atoms with van der Waals surface area (Å²) in [7, 11) is 0. The second kappa shape index (κ2) is 6.02. The third kappa shape index (κ3) is 3.23. The first-order valence-corrected chi connectivity index (χ1v) is 6.43. The van der Waals surface area contributed by atoms with E-state index in [0.717, 1.165) is 11.3 Å². The molecule has 0 unspecified atom stereocenters. The molecule has 2 aromatic carbocycles. The Bertz CT molecular complexity index is 651. The van der Waals surface area contributed by atoms with Crippen LogP contribution in [0.2, 0.25) is 0 Å². The molecular formula is C16H14N2O2. The average molecular weight is 266 g/mol. The highest BCUT2D eigenvalue weighted by Gasteiger charge is 2.07. The van der Waals surface area contributed by atoms with Gasteiger partial charge in [-0.3, -0.25) is 0 Å². The van der Waals surface area contributed by atoms with Crippen molar-refractivity contribution in [3.63, 3.8) is 0 Å². The molecule has 0 amide bonds. The van der Waals surface area contributed by atoms with Crippen molar-refractivity contribution in [3.8, 4) is 5.75 Å². The lowest BCUT2D eigenvalue weighted by Gasteiger charge is -2.01. The van der Waals surface area contributed by atoms with Crippen LogP contribution in [0.25, 0.3) is 0 Å². The van der Waals surface area contributed by atoms with Gasteiger partial charge in [0.15, 0.2) is 6.61 Å². The van der Waals surface area contributed by atoms with E-state index in [1.165, 1.54) is 0 Å². The van der Waals surface area contributed by atoms with Crippen LogP contribution in [0.15, 0.2) is 65.2 Å². The predicted molar refractivity (Wildman–Crippen MR) is 74.3 cm³/mol. The summed E-state index contributed by atoms with van der Waals surface area (Å²) in [4.78, 5) is 4.32. The van der Waals surface area contributed by atoms with Crippen LogP contribution in [0.5, 0.6) is 5.75 Å². The monoisotopic (exact) mass is 266 g/mol. The third-order valence-electron chi connectivity index (χ3n) is 2.82. The minimum atomic E-state index is 0.308. The summed E-state index contributed by atoms with van der Waals surface area (Å²) in [6.07, 6.45) is 0.638. The molecule has 0 saturated heterocycles. The molecule has 1 aromatic heterocycles. The molecule has 0 radical (unpaired) electrons. The van der Waals surface area contributed by atoms with Crippen molar-refractivity contribution < 1.29 is 9.26 Å². The van der Waals surface area contributed by atoms with E-state index in [-0.39, 0.29) is 0 Å². The number of ether oxygens (including phenoxy) is 1. The highest BCUT2D eigenvalue weighted by molar-refractivity contribution is 5.21. The zero-order valence-corrected chi connectivity index (χ0v) is 10.9. The summed E-state index contributed by atoms with van der Waals surface area (Å²) in [6, 6.07) is 19.6. The van der Waals surface area contributed by atoms with Crippen LogP contribution in [0, 0.1) is 0 Å². The van der Waals surface area contributed by atoms with Crippen LogP contribution in [-0.4, -0.2) is 10.1 Å². The zero-order chi connectivity index (χ0) is 13.6. The van der Waals surface area contributed by atoms with Crippen LogP contribution in [0.3, 0.4) is 0 Å². The van der Waals surface area contributed by atoms with Gasteiger partial charge in [-0.05, 0) is 17.7 Å². The van der Waals surface area contributed by atoms with Gasteiger partial charge < -0.3 is 9.26 Å². The summed E-state index contributed by atoms with van der Waals surface area (Å²) in [5.74, 6) is 1.95. The van der Waals surface area contributed by atoms with Crippen LogP contribution < -0.4 is 4.74 Å². The van der Waals surface area contributed by atoms with Gasteiger partial charge in [-0.25, -0.2) is 0 Å². The third-order valence-corrected chi connectivity index (χ3v) is 2.82. The second-order valence-corrected chi connectivity index (χ2v) is 4.37. The Morgan fingerprint density at radius 1 is 0.900 bits per heavy atom. The van der Waals surface area contributed by atoms with E-state index >= 15 is 0 Å². The summed E-state index contributed by atoms with van der Waals surface area (Å²) >= 11 is 0. The van der Waals surface area contributed by atoms with Gasteiger partial charge in [-0.1, -0.05) is 53.7 Å². The molecule has 4 nitrogen and oxygen atoms in total. The van der Waals surface area contributed by atoms with Gasteiger partial charge in [-0.2, -0.15) is 4.98 Å². The molecule has 0 aliphatic rings. The zero-order valence-electron chi connectivity index (χ0n) is 10.9. The molecule has 0 aliphatic heterocycles. The molecule has 3 rings (SSSR count). The molecule has 0 spiro atoms. The van der Waals surface area contributed by atoms with Gasteiger partial charge in [0.2, 0.25) is 11.7 Å². The van der Waals surface area contributed by atoms with Gasteiger partial charge in [-0.15, -0.1) is 0 Å². The van der Waals surface area contributed by atoms with Crippen molar-refractivity contribution in [2.45, 2.75) is 13.0 Å². The van der Waals surface area contributed by atoms with E-state index in [2.05, 4.69) is 10.1 Å². The molecule has 0 fully saturated rings. The van der Waals surface area contributed by atoms with E-state index in [1.807, 2.05) is 60.7 Å². The summed E-state index contributed by atoms with van der Waals surface area (Å²) in [5, 5.41) is 3.92. The number of hydrogen-bond acceptors (Lipinski definition) is 4. The number of para-hydroxylation sites is 1. The van der Waals surface area contributed by atoms with Crippen molar-refractivity contribution in [2.75, 3.05) is 0 Å². The molecule has 0 N–H and O–H groups in total. The number of benzene rings is 2. The van der Waals surface area contributed by atoms with Crippen LogP contribution in [0.4, 0.5) is 0 Å². The Morgan fingerprint density at radius 2 is 1.60 bits per heavy atom. The predicted octanol–water partition coefficient (Wildman–Crippen LogP) is 3.24. The van der Waals surface area contributed by atoms with Crippen molar-refractivity contribution in [1.29, 1.82) is 0 Å². The summed E-state index contributed by atoms with van der Waals surface area (Å²) in [6.45, 7) is 0.308. The second-order valence-electron chi connectivity index (χ2n) is 4.37. The molecule has 0 atom stereocenters. The molecule has 20 heavy (non-hydrogen) atoms. The normalized spacial score (nSPS) is 10.4. The highest BCUT2D eigenvalue weighted by Crippen LogP contribution is 2.11. The standard InChI is InChI=1S/C16H14N2O2/c1-3-7-13(8-4-1)11-16-17-15(18-20-16)12-19-14-9-5-2-6-10-14/h1-10H,11-12H2. The fourth-order valence-electron chi connectivity index (χ4n) is 1.86. The molecule has 0 aliphatic carbocycles. The lowest BCUT2D eigenvalue weighted by Crippen LogP contribution is -1.97. The quantitative estimate of drug-likeness (QED) is 0.711. The minimum Gasteiger partial charge on any atom is -0.485 e. The number of hydrogen-bond donors (Lipinski definition) is 0. The van der Waals surface area contributed by atoms with Gasteiger partial charge in [0.05, 0.1) is 6.42 Å². The van der Waals surface area contributed by atoms with Crippen LogP contribution in [-0.2, 0) is 13.0 Å². The fraction of sp³-hybridized carbons (Fsp3) is 0.125. The lowest BCUT2D eigenvalue weighted by atomic mass is 10.1. The van der Waals surface area contributed by atoms with E-state index in [9.17, 15) is 0 Å². The molecule has 4 heteroatoms. The Morgan fingerprint density at radius 3 is 2.35 bits per heavy atom. The van der Waals surface area contributed by atoms with Crippen molar-refractivity contribution in [3.05, 3.63) is 77.9 Å². The Hall–Kier alpha value is -2.62. The van der Waals surface area contributed by atoms with E-state index in [1.54, 1.807) is 0 Å². The first kappa shape index (κ1) is 12.4. The molecular weight excluding hydrogens is 252 g/mol. The Balaban J connectivity index is 1.60. The smallest absolute Gasteiger partial charge is 0.231 e. The van der Waals surface area contributed by atoms with Crippen molar-refractivity contribution >= 4 is 0 Å². The molecule has 0 saturated carbocycles. The van der Waals surface area contributed by atoms with Gasteiger partial charge >= 0.3 is 0 Å². The van der Waals surface area contributed by atoms with Crippen molar-refractivity contribution in [2.24, 2.45) is 0 Å². The largest absolute Gasteiger partial charge is 0.485 e. The average Bonchev–Trinajstić information content (AvgIpc) is 2.95. The first-order valence-electron chi connectivity index (χ1n) is 6.43. The molecule has 1 heterocycles. The van der Waals surface area contributed by atoms with Crippen LogP contribution in [0.1, 0.15) is 17.3 Å². The molecule has 3 aromatic rings. The molecule has 100 valence electrons. The molecule has 0 bridgehead atoms. The maximum atomic E-state index is 5.57. The van der Waals surface area contributed by atoms with Crippen molar-refractivity contribution in [1.82, 2.24) is 10.1 Å².